The van der Waals surface area contributed by atoms with Gasteiger partial charge in [0.25, 0.3) is 5.91 Å². The van der Waals surface area contributed by atoms with Crippen LogP contribution in [0.25, 0.3) is 11.0 Å². The van der Waals surface area contributed by atoms with E-state index >= 15 is 0 Å². The molecule has 0 aliphatic heterocycles. The number of carbonyl (C=O) groups is 2. The first-order chi connectivity index (χ1) is 13.5. The molecule has 28 heavy (non-hydrogen) atoms. The van der Waals surface area contributed by atoms with Gasteiger partial charge in [0.2, 0.25) is 0 Å². The number of halogens is 1. The number of nitrogens with one attached hydrogen (secondary N) is 1. The van der Waals surface area contributed by atoms with Gasteiger partial charge in [0, 0.05) is 10.9 Å². The minimum atomic E-state index is -1.32. The normalized spacial score (nSPS) is 11.9. The number of ether oxygens (including phenoxy) is 2. The van der Waals surface area contributed by atoms with Gasteiger partial charge in [0.05, 0.1) is 20.3 Å². The Labute approximate surface area is 159 Å². The highest BCUT2D eigenvalue weighted by atomic mass is 19.1. The molecule has 8 heteroatoms. The standard InChI is InChI=1S/C20H18FNO6/c1-26-14-6-7-17-13(8-14)9-18(28-17)19(23)22-16(20(24)25)11-27-10-12-4-2-3-5-15(12)21/h2-9,16H,10-11H2,1H3,(H,22,23)(H,24,25). The van der Waals surface area contributed by atoms with E-state index in [-0.39, 0.29) is 19.0 Å². The van der Waals surface area contributed by atoms with Gasteiger partial charge in [0.1, 0.15) is 17.1 Å². The van der Waals surface area contributed by atoms with Crippen LogP contribution < -0.4 is 10.1 Å². The van der Waals surface area contributed by atoms with Crippen molar-refractivity contribution in [3.05, 3.63) is 65.7 Å². The first-order valence-corrected chi connectivity index (χ1v) is 8.40. The highest BCUT2D eigenvalue weighted by Crippen LogP contribution is 2.24. The zero-order valence-corrected chi connectivity index (χ0v) is 15.0. The number of hydrogen-bond donors (Lipinski definition) is 2. The van der Waals surface area contributed by atoms with Crippen molar-refractivity contribution < 1.29 is 33.0 Å². The van der Waals surface area contributed by atoms with Crippen LogP contribution in [-0.4, -0.2) is 36.7 Å². The van der Waals surface area contributed by atoms with Crippen molar-refractivity contribution in [2.45, 2.75) is 12.6 Å². The Hall–Kier alpha value is -3.39. The number of carbonyl (C=O) groups excluding carboxylic acids is 1. The van der Waals surface area contributed by atoms with E-state index in [0.29, 0.717) is 22.3 Å². The number of carboxylic acid groups (broad SMARTS) is 1. The van der Waals surface area contributed by atoms with Crippen LogP contribution in [0.2, 0.25) is 0 Å². The fraction of sp³-hybridized carbons (Fsp3) is 0.200. The molecule has 2 N–H and O–H groups in total. The largest absolute Gasteiger partial charge is 0.497 e. The minimum Gasteiger partial charge on any atom is -0.497 e. The van der Waals surface area contributed by atoms with Gasteiger partial charge in [0.15, 0.2) is 11.8 Å². The molecule has 0 aliphatic rings. The molecule has 1 amide bonds. The summed E-state index contributed by atoms with van der Waals surface area (Å²) in [6.07, 6.45) is 0. The third kappa shape index (κ3) is 4.47. The molecule has 0 bridgehead atoms. The Balaban J connectivity index is 1.64. The molecule has 146 valence electrons. The Morgan fingerprint density at radius 1 is 1.21 bits per heavy atom. The summed E-state index contributed by atoms with van der Waals surface area (Å²) < 4.78 is 29.4. The van der Waals surface area contributed by atoms with Crippen LogP contribution in [0.5, 0.6) is 5.75 Å². The second kappa shape index (κ2) is 8.53. The SMILES string of the molecule is COc1ccc2oc(C(=O)NC(COCc3ccccc3F)C(=O)O)cc2c1. The van der Waals surface area contributed by atoms with Crippen LogP contribution in [0.4, 0.5) is 4.39 Å². The average molecular weight is 387 g/mol. The maximum absolute atomic E-state index is 13.6. The molecule has 0 fully saturated rings. The summed E-state index contributed by atoms with van der Waals surface area (Å²) in [7, 11) is 1.52. The van der Waals surface area contributed by atoms with Gasteiger partial charge in [-0.3, -0.25) is 4.79 Å². The summed E-state index contributed by atoms with van der Waals surface area (Å²) >= 11 is 0. The zero-order valence-electron chi connectivity index (χ0n) is 15.0. The molecule has 0 saturated heterocycles. The van der Waals surface area contributed by atoms with E-state index in [0.717, 1.165) is 0 Å². The van der Waals surface area contributed by atoms with Crippen LogP contribution in [0, 0.1) is 5.82 Å². The quantitative estimate of drug-likeness (QED) is 0.617. The summed E-state index contributed by atoms with van der Waals surface area (Å²) in [5.41, 5.74) is 0.762. The predicted molar refractivity (Wildman–Crippen MR) is 97.7 cm³/mol. The predicted octanol–water partition coefficient (Wildman–Crippen LogP) is 2.98. The van der Waals surface area contributed by atoms with Crippen LogP contribution in [0.1, 0.15) is 16.1 Å². The lowest BCUT2D eigenvalue weighted by Crippen LogP contribution is -2.43. The first kappa shape index (κ1) is 19.4. The molecule has 0 radical (unpaired) electrons. The van der Waals surface area contributed by atoms with Crippen molar-refractivity contribution in [3.63, 3.8) is 0 Å². The van der Waals surface area contributed by atoms with E-state index in [9.17, 15) is 19.1 Å². The Kier molecular flexibility index (Phi) is 5.90. The number of methoxy groups -OCH3 is 1. The maximum Gasteiger partial charge on any atom is 0.328 e. The summed E-state index contributed by atoms with van der Waals surface area (Å²) in [4.78, 5) is 23.8. The zero-order chi connectivity index (χ0) is 20.1. The van der Waals surface area contributed by atoms with E-state index < -0.39 is 23.7 Å². The molecule has 0 aliphatic carbocycles. The average Bonchev–Trinajstić information content (AvgIpc) is 3.11. The lowest BCUT2D eigenvalue weighted by molar-refractivity contribution is -0.141. The Morgan fingerprint density at radius 3 is 2.71 bits per heavy atom. The van der Waals surface area contributed by atoms with Crippen LogP contribution in [0.15, 0.2) is 52.9 Å². The fourth-order valence-electron chi connectivity index (χ4n) is 2.57. The summed E-state index contributed by atoms with van der Waals surface area (Å²) in [5, 5.41) is 12.3. The van der Waals surface area contributed by atoms with Gasteiger partial charge >= 0.3 is 5.97 Å². The van der Waals surface area contributed by atoms with Crippen molar-refractivity contribution >= 4 is 22.8 Å². The summed E-state index contributed by atoms with van der Waals surface area (Å²) in [6, 6.07) is 11.2. The van der Waals surface area contributed by atoms with E-state index in [1.165, 1.54) is 25.3 Å². The molecule has 1 atom stereocenters. The minimum absolute atomic E-state index is 0.0383. The van der Waals surface area contributed by atoms with E-state index in [1.54, 1.807) is 30.3 Å². The monoisotopic (exact) mass is 387 g/mol. The Morgan fingerprint density at radius 2 is 2.00 bits per heavy atom. The van der Waals surface area contributed by atoms with Crippen molar-refractivity contribution in [2.24, 2.45) is 0 Å². The molecule has 7 nitrogen and oxygen atoms in total. The van der Waals surface area contributed by atoms with E-state index in [4.69, 9.17) is 13.9 Å². The molecule has 1 heterocycles. The van der Waals surface area contributed by atoms with E-state index in [2.05, 4.69) is 5.32 Å². The number of rotatable bonds is 8. The molecule has 3 rings (SSSR count). The van der Waals surface area contributed by atoms with Crippen molar-refractivity contribution in [1.29, 1.82) is 0 Å². The molecule has 0 spiro atoms. The van der Waals surface area contributed by atoms with Crippen molar-refractivity contribution in [1.82, 2.24) is 5.32 Å². The van der Waals surface area contributed by atoms with Gasteiger partial charge < -0.3 is 24.3 Å². The highest BCUT2D eigenvalue weighted by molar-refractivity contribution is 5.98. The molecule has 0 saturated carbocycles. The molecular formula is C20H18FNO6. The summed E-state index contributed by atoms with van der Waals surface area (Å²) in [5.74, 6) is -1.86. The molecule has 1 unspecified atom stereocenters. The topological polar surface area (TPSA) is 98.0 Å². The van der Waals surface area contributed by atoms with Gasteiger partial charge in [-0.15, -0.1) is 0 Å². The lowest BCUT2D eigenvalue weighted by Gasteiger charge is -2.14. The number of aliphatic carboxylic acids is 1. The molecule has 2 aromatic carbocycles. The van der Waals surface area contributed by atoms with Gasteiger partial charge in [-0.05, 0) is 30.3 Å². The number of benzene rings is 2. The van der Waals surface area contributed by atoms with Crippen LogP contribution >= 0.6 is 0 Å². The number of amides is 1. The van der Waals surface area contributed by atoms with Gasteiger partial charge in [-0.25, -0.2) is 9.18 Å². The number of hydrogen-bond acceptors (Lipinski definition) is 5. The first-order valence-electron chi connectivity index (χ1n) is 8.40. The Bertz CT molecular complexity index is 999. The van der Waals surface area contributed by atoms with Gasteiger partial charge in [-0.1, -0.05) is 18.2 Å². The van der Waals surface area contributed by atoms with Crippen molar-refractivity contribution in [2.75, 3.05) is 13.7 Å². The lowest BCUT2D eigenvalue weighted by atomic mass is 10.2. The molecular weight excluding hydrogens is 369 g/mol. The van der Waals surface area contributed by atoms with E-state index in [1.807, 2.05) is 0 Å². The number of furan rings is 1. The summed E-state index contributed by atoms with van der Waals surface area (Å²) in [6.45, 7) is -0.444. The second-order valence-electron chi connectivity index (χ2n) is 5.99. The van der Waals surface area contributed by atoms with Gasteiger partial charge in [-0.2, -0.15) is 0 Å². The van der Waals surface area contributed by atoms with Crippen LogP contribution in [0.3, 0.4) is 0 Å². The third-order valence-corrected chi connectivity index (χ3v) is 4.05. The second-order valence-corrected chi connectivity index (χ2v) is 5.99. The van der Waals surface area contributed by atoms with Crippen molar-refractivity contribution in [3.8, 4) is 5.75 Å². The molecule has 1 aromatic heterocycles. The highest BCUT2D eigenvalue weighted by Gasteiger charge is 2.23. The van der Waals surface area contributed by atoms with Crippen LogP contribution in [-0.2, 0) is 16.1 Å². The maximum atomic E-state index is 13.6. The third-order valence-electron chi connectivity index (χ3n) is 4.05. The smallest absolute Gasteiger partial charge is 0.328 e. The fourth-order valence-corrected chi connectivity index (χ4v) is 2.57. The number of fused-ring (bicyclic) bond motifs is 1. The molecule has 3 aromatic rings. The number of carboxylic acids is 1.